The fourth-order valence-corrected chi connectivity index (χ4v) is 2.14. The third kappa shape index (κ3) is 4.69. The Balaban J connectivity index is 3.16. The molecule has 0 saturated carbocycles. The van der Waals surface area contributed by atoms with Crippen molar-refractivity contribution in [1.82, 2.24) is 5.32 Å². The fraction of sp³-hybridized carbons (Fsp3) is 0.692. The van der Waals surface area contributed by atoms with Crippen molar-refractivity contribution in [2.75, 3.05) is 26.9 Å². The molecular formula is C13H22N2O6. The molecule has 1 aliphatic carbocycles. The summed E-state index contributed by atoms with van der Waals surface area (Å²) >= 11 is 0. The normalized spacial score (nSPS) is 25.9. The van der Waals surface area contributed by atoms with Gasteiger partial charge in [0, 0.05) is 18.9 Å². The summed E-state index contributed by atoms with van der Waals surface area (Å²) in [4.78, 5) is 14.6. The number of rotatable bonds is 7. The number of methoxy groups -OCH3 is 1. The summed E-state index contributed by atoms with van der Waals surface area (Å²) in [5.74, 6) is -0.760. The van der Waals surface area contributed by atoms with Crippen LogP contribution >= 0.6 is 0 Å². The number of aliphatic imine (C=N–C) groups is 1. The molecule has 0 aromatic carbocycles. The number of nitrogens with one attached hydrogen (secondary N) is 1. The Labute approximate surface area is 122 Å². The fourth-order valence-electron chi connectivity index (χ4n) is 2.14. The maximum atomic E-state index is 10.6. The predicted molar refractivity (Wildman–Crippen MR) is 74.9 cm³/mol. The second kappa shape index (κ2) is 7.39. The van der Waals surface area contributed by atoms with Gasteiger partial charge in [0.15, 0.2) is 5.76 Å². The van der Waals surface area contributed by atoms with Crippen molar-refractivity contribution in [2.45, 2.75) is 31.4 Å². The number of hydrogen-bond donors (Lipinski definition) is 5. The van der Waals surface area contributed by atoms with Crippen LogP contribution in [0.25, 0.3) is 0 Å². The van der Waals surface area contributed by atoms with E-state index in [1.54, 1.807) is 6.92 Å². The number of ether oxygens (including phenoxy) is 1. The molecule has 0 aliphatic heterocycles. The largest absolute Gasteiger partial charge is 0.493 e. The van der Waals surface area contributed by atoms with Crippen LogP contribution in [0.5, 0.6) is 0 Å². The molecule has 120 valence electrons. The minimum absolute atomic E-state index is 0.00135. The molecule has 1 rings (SSSR count). The molecule has 0 heterocycles. The van der Waals surface area contributed by atoms with Gasteiger partial charge in [0.25, 0.3) is 0 Å². The lowest BCUT2D eigenvalue weighted by Gasteiger charge is -2.35. The lowest BCUT2D eigenvalue weighted by Crippen LogP contribution is -2.45. The minimum atomic E-state index is -1.43. The molecule has 21 heavy (non-hydrogen) atoms. The minimum Gasteiger partial charge on any atom is -0.493 e. The molecular weight excluding hydrogens is 280 g/mol. The van der Waals surface area contributed by atoms with Crippen molar-refractivity contribution in [3.8, 4) is 0 Å². The number of aliphatic hydroxyl groups is 3. The van der Waals surface area contributed by atoms with E-state index in [0.29, 0.717) is 11.5 Å². The molecule has 0 amide bonds. The standard InChI is InChI=1S/C13H22N2O6/c1-8(6-16)15-10-4-13(20,7-17)3-9(12(10)21-2)14-5-11(18)19/h8,15-17,20H,3-7H2,1-2H3,(H,18,19)/t8?,13-/m0/s1. The van der Waals surface area contributed by atoms with Crippen LogP contribution in [-0.2, 0) is 9.53 Å². The van der Waals surface area contributed by atoms with Crippen LogP contribution in [0.3, 0.4) is 0 Å². The van der Waals surface area contributed by atoms with Crippen LogP contribution in [0.4, 0.5) is 0 Å². The van der Waals surface area contributed by atoms with Crippen molar-refractivity contribution >= 4 is 11.7 Å². The van der Waals surface area contributed by atoms with Gasteiger partial charge in [0.2, 0.25) is 0 Å². The zero-order valence-corrected chi connectivity index (χ0v) is 12.2. The van der Waals surface area contributed by atoms with Gasteiger partial charge in [-0.05, 0) is 6.92 Å². The SMILES string of the molecule is COC1=C(NC(C)CO)C[C@](O)(CO)CC1=NCC(=O)O. The summed E-state index contributed by atoms with van der Waals surface area (Å²) < 4.78 is 5.25. The molecule has 0 spiro atoms. The van der Waals surface area contributed by atoms with Gasteiger partial charge in [-0.3, -0.25) is 9.79 Å². The topological polar surface area (TPSA) is 132 Å². The van der Waals surface area contributed by atoms with Gasteiger partial charge in [-0.25, -0.2) is 0 Å². The van der Waals surface area contributed by atoms with Crippen molar-refractivity contribution in [2.24, 2.45) is 4.99 Å². The maximum absolute atomic E-state index is 10.6. The van der Waals surface area contributed by atoms with E-state index in [2.05, 4.69) is 10.3 Å². The third-order valence-electron chi connectivity index (χ3n) is 3.14. The molecule has 0 aromatic heterocycles. The van der Waals surface area contributed by atoms with Gasteiger partial charge in [-0.15, -0.1) is 0 Å². The number of carboxylic acids is 1. The quantitative estimate of drug-likeness (QED) is 0.401. The van der Waals surface area contributed by atoms with E-state index >= 15 is 0 Å². The highest BCUT2D eigenvalue weighted by Crippen LogP contribution is 2.30. The Morgan fingerprint density at radius 3 is 2.62 bits per heavy atom. The molecule has 5 N–H and O–H groups in total. The highest BCUT2D eigenvalue weighted by molar-refractivity contribution is 6.01. The van der Waals surface area contributed by atoms with Crippen molar-refractivity contribution in [1.29, 1.82) is 0 Å². The molecule has 1 unspecified atom stereocenters. The van der Waals surface area contributed by atoms with E-state index in [1.165, 1.54) is 7.11 Å². The zero-order chi connectivity index (χ0) is 16.0. The monoisotopic (exact) mass is 302 g/mol. The van der Waals surface area contributed by atoms with Crippen LogP contribution in [-0.4, -0.2) is 70.6 Å². The molecule has 1 aliphatic rings. The Morgan fingerprint density at radius 2 is 2.14 bits per heavy atom. The lowest BCUT2D eigenvalue weighted by molar-refractivity contribution is -0.135. The molecule has 8 heteroatoms. The number of aliphatic hydroxyl groups excluding tert-OH is 2. The van der Waals surface area contributed by atoms with E-state index in [1.807, 2.05) is 0 Å². The Kier molecular flexibility index (Phi) is 6.13. The van der Waals surface area contributed by atoms with Gasteiger partial charge >= 0.3 is 5.97 Å². The van der Waals surface area contributed by atoms with E-state index in [9.17, 15) is 15.0 Å². The van der Waals surface area contributed by atoms with Crippen LogP contribution in [0.1, 0.15) is 19.8 Å². The first-order chi connectivity index (χ1) is 9.85. The molecule has 0 bridgehead atoms. The third-order valence-corrected chi connectivity index (χ3v) is 3.14. The molecule has 0 radical (unpaired) electrons. The maximum Gasteiger partial charge on any atom is 0.325 e. The predicted octanol–water partition coefficient (Wildman–Crippen LogP) is -1.14. The van der Waals surface area contributed by atoms with E-state index in [-0.39, 0.29) is 31.2 Å². The van der Waals surface area contributed by atoms with Crippen LogP contribution in [0, 0.1) is 0 Å². The van der Waals surface area contributed by atoms with Crippen LogP contribution in [0.2, 0.25) is 0 Å². The molecule has 8 nitrogen and oxygen atoms in total. The number of allylic oxidation sites excluding steroid dienone is 1. The number of carboxylic acid groups (broad SMARTS) is 1. The second-order valence-electron chi connectivity index (χ2n) is 5.13. The van der Waals surface area contributed by atoms with Gasteiger partial charge in [-0.1, -0.05) is 0 Å². The Hall–Kier alpha value is -1.64. The lowest BCUT2D eigenvalue weighted by atomic mass is 9.85. The average Bonchev–Trinajstić information content (AvgIpc) is 2.44. The van der Waals surface area contributed by atoms with Crippen LogP contribution in [0.15, 0.2) is 16.4 Å². The average molecular weight is 302 g/mol. The summed E-state index contributed by atoms with van der Waals surface area (Å²) in [5.41, 5.74) is -0.682. The van der Waals surface area contributed by atoms with Gasteiger partial charge in [-0.2, -0.15) is 0 Å². The van der Waals surface area contributed by atoms with E-state index < -0.39 is 24.7 Å². The number of aliphatic carboxylic acids is 1. The summed E-state index contributed by atoms with van der Waals surface area (Å²) in [6.07, 6.45) is 0.0990. The summed E-state index contributed by atoms with van der Waals surface area (Å²) in [5, 5.41) is 40.5. The van der Waals surface area contributed by atoms with Gasteiger partial charge in [0.1, 0.15) is 6.54 Å². The molecule has 2 atom stereocenters. The van der Waals surface area contributed by atoms with E-state index in [0.717, 1.165) is 0 Å². The van der Waals surface area contributed by atoms with Crippen molar-refractivity contribution in [3.63, 3.8) is 0 Å². The summed E-state index contributed by atoms with van der Waals surface area (Å²) in [7, 11) is 1.42. The van der Waals surface area contributed by atoms with Crippen LogP contribution < -0.4 is 5.32 Å². The molecule has 0 saturated heterocycles. The number of hydrogen-bond acceptors (Lipinski definition) is 7. The molecule has 0 aromatic rings. The van der Waals surface area contributed by atoms with Crippen molar-refractivity contribution < 1.29 is 30.0 Å². The first-order valence-electron chi connectivity index (χ1n) is 6.58. The highest BCUT2D eigenvalue weighted by Gasteiger charge is 2.38. The Bertz CT molecular complexity index is 448. The van der Waals surface area contributed by atoms with Gasteiger partial charge in [0.05, 0.1) is 37.3 Å². The Morgan fingerprint density at radius 1 is 1.48 bits per heavy atom. The smallest absolute Gasteiger partial charge is 0.325 e. The summed E-state index contributed by atoms with van der Waals surface area (Å²) in [6.45, 7) is 0.669. The van der Waals surface area contributed by atoms with Gasteiger partial charge < -0.3 is 30.5 Å². The van der Waals surface area contributed by atoms with Crippen molar-refractivity contribution in [3.05, 3.63) is 11.5 Å². The molecule has 0 fully saturated rings. The first kappa shape index (κ1) is 17.4. The highest BCUT2D eigenvalue weighted by atomic mass is 16.5. The second-order valence-corrected chi connectivity index (χ2v) is 5.13. The number of carbonyl (C=O) groups is 1. The zero-order valence-electron chi connectivity index (χ0n) is 12.2. The summed E-state index contributed by atoms with van der Waals surface area (Å²) in [6, 6.07) is -0.285. The first-order valence-corrected chi connectivity index (χ1v) is 6.58. The number of nitrogens with zero attached hydrogens (tertiary/aromatic N) is 1. The van der Waals surface area contributed by atoms with E-state index in [4.69, 9.17) is 14.9 Å².